The monoisotopic (exact) mass is 332 g/mol. The van der Waals surface area contributed by atoms with Crippen LogP contribution >= 0.6 is 0 Å². The Labute approximate surface area is 144 Å². The summed E-state index contributed by atoms with van der Waals surface area (Å²) in [7, 11) is 1.75. The second-order valence-electron chi connectivity index (χ2n) is 6.90. The van der Waals surface area contributed by atoms with Gasteiger partial charge >= 0.3 is 6.03 Å². The molecule has 1 aromatic rings. The number of likely N-dealkylation sites (N-methyl/N-ethyl adjacent to an activating group) is 1. The van der Waals surface area contributed by atoms with E-state index in [1.165, 1.54) is 0 Å². The topological polar surface area (TPSA) is 65.5 Å². The Balaban J connectivity index is 1.72. The fraction of sp³-hybridized carbons (Fsp3) is 0.611. The van der Waals surface area contributed by atoms with Gasteiger partial charge in [0.25, 0.3) is 0 Å². The van der Waals surface area contributed by atoms with Gasteiger partial charge in [-0.15, -0.1) is 0 Å². The van der Waals surface area contributed by atoms with Crippen molar-refractivity contribution in [2.45, 2.75) is 26.7 Å². The first kappa shape index (κ1) is 18.2. The summed E-state index contributed by atoms with van der Waals surface area (Å²) >= 11 is 0. The summed E-state index contributed by atoms with van der Waals surface area (Å²) in [5, 5.41) is 2.75. The standard InChI is InChI=1S/C18H28N4O2/c1-14-10-15(2)13-22(12-14)18(24)20-11-17(23)21(3)9-7-16-6-4-5-8-19-16/h4-6,8,14-15H,7,9-13H2,1-3H3,(H,20,24)/t14-,15+. The molecule has 1 aliphatic heterocycles. The molecule has 0 spiro atoms. The largest absolute Gasteiger partial charge is 0.344 e. The molecule has 0 aliphatic carbocycles. The Morgan fingerprint density at radius 1 is 1.29 bits per heavy atom. The van der Waals surface area contributed by atoms with E-state index in [1.807, 2.05) is 23.1 Å². The molecule has 1 saturated heterocycles. The third-order valence-electron chi connectivity index (χ3n) is 4.40. The van der Waals surface area contributed by atoms with E-state index in [1.54, 1.807) is 18.1 Å². The minimum Gasteiger partial charge on any atom is -0.344 e. The van der Waals surface area contributed by atoms with Crippen LogP contribution in [0.5, 0.6) is 0 Å². The van der Waals surface area contributed by atoms with Gasteiger partial charge in [0.1, 0.15) is 0 Å². The molecule has 1 N–H and O–H groups in total. The molecule has 2 rings (SSSR count). The van der Waals surface area contributed by atoms with Crippen LogP contribution in [0, 0.1) is 11.8 Å². The molecule has 0 unspecified atom stereocenters. The van der Waals surface area contributed by atoms with Gasteiger partial charge in [-0.2, -0.15) is 0 Å². The summed E-state index contributed by atoms with van der Waals surface area (Å²) in [5.74, 6) is 0.935. The first-order chi connectivity index (χ1) is 11.5. The second kappa shape index (κ2) is 8.66. The number of nitrogens with one attached hydrogen (secondary N) is 1. The maximum atomic E-state index is 12.2. The molecule has 0 radical (unpaired) electrons. The minimum atomic E-state index is -0.139. The number of likely N-dealkylation sites (tertiary alicyclic amines) is 1. The Morgan fingerprint density at radius 3 is 2.62 bits per heavy atom. The Kier molecular flexibility index (Phi) is 6.58. The number of urea groups is 1. The third kappa shape index (κ3) is 5.51. The van der Waals surface area contributed by atoms with Gasteiger partial charge in [-0.05, 0) is 30.4 Å². The van der Waals surface area contributed by atoms with Crippen molar-refractivity contribution in [1.82, 2.24) is 20.1 Å². The number of pyridine rings is 1. The highest BCUT2D eigenvalue weighted by molar-refractivity contribution is 5.83. The van der Waals surface area contributed by atoms with Crippen molar-refractivity contribution in [2.75, 3.05) is 33.2 Å². The molecule has 3 amide bonds. The third-order valence-corrected chi connectivity index (χ3v) is 4.40. The average Bonchev–Trinajstić information content (AvgIpc) is 2.57. The van der Waals surface area contributed by atoms with E-state index in [0.29, 0.717) is 24.8 Å². The predicted octanol–water partition coefficient (Wildman–Crippen LogP) is 1.77. The highest BCUT2D eigenvalue weighted by Gasteiger charge is 2.25. The fourth-order valence-electron chi connectivity index (χ4n) is 3.18. The van der Waals surface area contributed by atoms with Crippen LogP contribution in [-0.2, 0) is 11.2 Å². The SMILES string of the molecule is C[C@@H]1C[C@H](C)CN(C(=O)NCC(=O)N(C)CCc2ccccn2)C1. The molecule has 0 aromatic carbocycles. The van der Waals surface area contributed by atoms with Gasteiger partial charge < -0.3 is 15.1 Å². The van der Waals surface area contributed by atoms with E-state index >= 15 is 0 Å². The van der Waals surface area contributed by atoms with E-state index in [4.69, 9.17) is 0 Å². The van der Waals surface area contributed by atoms with Crippen molar-refractivity contribution in [1.29, 1.82) is 0 Å². The number of carbonyl (C=O) groups excluding carboxylic acids is 2. The molecule has 2 heterocycles. The zero-order valence-electron chi connectivity index (χ0n) is 14.9. The van der Waals surface area contributed by atoms with Gasteiger partial charge in [0.2, 0.25) is 5.91 Å². The lowest BCUT2D eigenvalue weighted by atomic mass is 9.92. The van der Waals surface area contributed by atoms with Gasteiger partial charge in [0.05, 0.1) is 6.54 Å². The van der Waals surface area contributed by atoms with Crippen LogP contribution in [0.1, 0.15) is 26.0 Å². The molecule has 0 saturated carbocycles. The van der Waals surface area contributed by atoms with E-state index < -0.39 is 0 Å². The lowest BCUT2D eigenvalue weighted by molar-refractivity contribution is -0.128. The lowest BCUT2D eigenvalue weighted by Gasteiger charge is -2.35. The smallest absolute Gasteiger partial charge is 0.317 e. The summed E-state index contributed by atoms with van der Waals surface area (Å²) in [6, 6.07) is 5.61. The van der Waals surface area contributed by atoms with Crippen LogP contribution in [-0.4, -0.2) is 59.9 Å². The second-order valence-corrected chi connectivity index (χ2v) is 6.90. The van der Waals surface area contributed by atoms with Crippen LogP contribution < -0.4 is 5.32 Å². The Morgan fingerprint density at radius 2 is 2.00 bits per heavy atom. The number of piperidine rings is 1. The highest BCUT2D eigenvalue weighted by Crippen LogP contribution is 2.20. The van der Waals surface area contributed by atoms with Gasteiger partial charge in [0, 0.05) is 45.0 Å². The Bertz CT molecular complexity index is 539. The number of hydrogen-bond acceptors (Lipinski definition) is 3. The van der Waals surface area contributed by atoms with Gasteiger partial charge in [-0.1, -0.05) is 19.9 Å². The van der Waals surface area contributed by atoms with Gasteiger partial charge in [-0.3, -0.25) is 9.78 Å². The van der Waals surface area contributed by atoms with Crippen LogP contribution in [0.2, 0.25) is 0 Å². The molecular weight excluding hydrogens is 304 g/mol. The molecule has 6 nitrogen and oxygen atoms in total. The maximum absolute atomic E-state index is 12.2. The number of hydrogen-bond donors (Lipinski definition) is 1. The lowest BCUT2D eigenvalue weighted by Crippen LogP contribution is -2.49. The van der Waals surface area contributed by atoms with Gasteiger partial charge in [0.15, 0.2) is 0 Å². The molecule has 0 bridgehead atoms. The summed E-state index contributed by atoms with van der Waals surface area (Å²) in [4.78, 5) is 32.1. The van der Waals surface area contributed by atoms with Crippen LogP contribution in [0.25, 0.3) is 0 Å². The first-order valence-electron chi connectivity index (χ1n) is 8.62. The molecule has 1 aliphatic rings. The van der Waals surface area contributed by atoms with E-state index in [-0.39, 0.29) is 18.5 Å². The minimum absolute atomic E-state index is 0.0385. The van der Waals surface area contributed by atoms with E-state index in [9.17, 15) is 9.59 Å². The predicted molar refractivity (Wildman–Crippen MR) is 93.5 cm³/mol. The number of amides is 3. The van der Waals surface area contributed by atoms with Gasteiger partial charge in [-0.25, -0.2) is 4.79 Å². The van der Waals surface area contributed by atoms with Crippen molar-refractivity contribution >= 4 is 11.9 Å². The van der Waals surface area contributed by atoms with Crippen molar-refractivity contribution in [3.05, 3.63) is 30.1 Å². The molecule has 1 aromatic heterocycles. The molecule has 1 fully saturated rings. The maximum Gasteiger partial charge on any atom is 0.317 e. The van der Waals surface area contributed by atoms with E-state index in [2.05, 4.69) is 24.1 Å². The number of nitrogens with zero attached hydrogens (tertiary/aromatic N) is 3. The number of carbonyl (C=O) groups is 2. The van der Waals surface area contributed by atoms with Crippen LogP contribution in [0.3, 0.4) is 0 Å². The molecule has 2 atom stereocenters. The number of rotatable bonds is 5. The normalized spacial score (nSPS) is 20.5. The first-order valence-corrected chi connectivity index (χ1v) is 8.62. The summed E-state index contributed by atoms with van der Waals surface area (Å²) in [6.45, 7) is 6.47. The zero-order valence-corrected chi connectivity index (χ0v) is 14.9. The van der Waals surface area contributed by atoms with E-state index in [0.717, 1.165) is 25.2 Å². The van der Waals surface area contributed by atoms with Crippen molar-refractivity contribution in [2.24, 2.45) is 11.8 Å². The Hall–Kier alpha value is -2.11. The van der Waals surface area contributed by atoms with Crippen molar-refractivity contribution in [3.8, 4) is 0 Å². The summed E-state index contributed by atoms with van der Waals surface area (Å²) in [6.07, 6.45) is 3.61. The van der Waals surface area contributed by atoms with Crippen LogP contribution in [0.15, 0.2) is 24.4 Å². The molecule has 132 valence electrons. The molecule has 6 heteroatoms. The summed E-state index contributed by atoms with van der Waals surface area (Å²) in [5.41, 5.74) is 0.956. The zero-order chi connectivity index (χ0) is 17.5. The molecule has 24 heavy (non-hydrogen) atoms. The van der Waals surface area contributed by atoms with Crippen molar-refractivity contribution < 1.29 is 9.59 Å². The fourth-order valence-corrected chi connectivity index (χ4v) is 3.18. The molecular formula is C18H28N4O2. The van der Waals surface area contributed by atoms with Crippen molar-refractivity contribution in [3.63, 3.8) is 0 Å². The van der Waals surface area contributed by atoms with Crippen LogP contribution in [0.4, 0.5) is 4.79 Å². The average molecular weight is 332 g/mol. The quantitative estimate of drug-likeness (QED) is 0.894. The summed E-state index contributed by atoms with van der Waals surface area (Å²) < 4.78 is 0. The highest BCUT2D eigenvalue weighted by atomic mass is 16.2. The number of aromatic nitrogens is 1.